The Balaban J connectivity index is 2.00. The predicted molar refractivity (Wildman–Crippen MR) is 100 cm³/mol. The van der Waals surface area contributed by atoms with E-state index in [2.05, 4.69) is 9.97 Å². The summed E-state index contributed by atoms with van der Waals surface area (Å²) >= 11 is 6.19. The first-order chi connectivity index (χ1) is 12.6. The lowest BCUT2D eigenvalue weighted by atomic mass is 10.0. The van der Waals surface area contributed by atoms with Gasteiger partial charge in [-0.1, -0.05) is 41.9 Å². The third-order valence-corrected chi connectivity index (χ3v) is 4.83. The quantitative estimate of drug-likeness (QED) is 0.319. The lowest BCUT2D eigenvalue weighted by Gasteiger charge is -2.08. The van der Waals surface area contributed by atoms with E-state index in [1.807, 2.05) is 30.3 Å². The molecule has 0 aliphatic carbocycles. The van der Waals surface area contributed by atoms with E-state index in [9.17, 15) is 9.60 Å². The number of halogens is 2. The van der Waals surface area contributed by atoms with E-state index in [0.29, 0.717) is 16.6 Å². The number of fused-ring (bicyclic) bond motifs is 6. The van der Waals surface area contributed by atoms with Crippen molar-refractivity contribution in [3.05, 3.63) is 71.6 Å². The van der Waals surface area contributed by atoms with E-state index in [1.165, 1.54) is 6.07 Å². The summed E-state index contributed by atoms with van der Waals surface area (Å²) < 4.78 is 15.4. The molecule has 1 N–H and O–H groups in total. The minimum atomic E-state index is -0.473. The van der Waals surface area contributed by atoms with Crippen LogP contribution in [0.2, 0.25) is 5.02 Å². The van der Waals surface area contributed by atoms with Crippen LogP contribution >= 0.6 is 11.6 Å². The molecular weight excluding hydrogens is 353 g/mol. The van der Waals surface area contributed by atoms with Gasteiger partial charge >= 0.3 is 0 Å². The summed E-state index contributed by atoms with van der Waals surface area (Å²) in [6, 6.07) is 15.7. The molecule has 6 heteroatoms. The van der Waals surface area contributed by atoms with Gasteiger partial charge in [-0.05, 0) is 24.3 Å². The van der Waals surface area contributed by atoms with E-state index in [-0.39, 0.29) is 16.4 Å². The highest BCUT2D eigenvalue weighted by Gasteiger charge is 2.19. The lowest BCUT2D eigenvalue weighted by Crippen LogP contribution is -1.95. The number of benzene rings is 3. The Hall–Kier alpha value is -3.18. The Kier molecular flexibility index (Phi) is 3.14. The van der Waals surface area contributed by atoms with E-state index in [1.54, 1.807) is 24.4 Å². The maximum Gasteiger partial charge on any atom is 0.165 e. The van der Waals surface area contributed by atoms with Gasteiger partial charge in [-0.15, -0.1) is 0 Å². The standard InChI is InChI=1S/C20H11ClFN3O/c21-14-8-3-9-15(22)16(14)20-23-17-11-5-1-2-6-12(11)19-13(18(17)24-20)7-4-10-25(19)26/h1-10,26H. The maximum absolute atomic E-state index is 14.3. The van der Waals surface area contributed by atoms with Crippen LogP contribution in [0.5, 0.6) is 0 Å². The van der Waals surface area contributed by atoms with Crippen molar-refractivity contribution in [2.75, 3.05) is 0 Å². The molecule has 126 valence electrons. The van der Waals surface area contributed by atoms with Crippen molar-refractivity contribution in [1.29, 1.82) is 0 Å². The van der Waals surface area contributed by atoms with Crippen LogP contribution in [0.1, 0.15) is 0 Å². The van der Waals surface area contributed by atoms with Gasteiger partial charge < -0.3 is 5.21 Å². The lowest BCUT2D eigenvalue weighted by molar-refractivity contribution is 0.199. The Morgan fingerprint density at radius 1 is 0.846 bits per heavy atom. The molecule has 0 atom stereocenters. The summed E-state index contributed by atoms with van der Waals surface area (Å²) in [5.41, 5.74) is 2.04. The molecule has 0 bridgehead atoms. The zero-order chi connectivity index (χ0) is 17.8. The van der Waals surface area contributed by atoms with Crippen LogP contribution in [0.15, 0.2) is 60.8 Å². The van der Waals surface area contributed by atoms with E-state index >= 15 is 0 Å². The number of rotatable bonds is 1. The van der Waals surface area contributed by atoms with Gasteiger partial charge in [-0.3, -0.25) is 0 Å². The van der Waals surface area contributed by atoms with E-state index in [4.69, 9.17) is 11.6 Å². The fourth-order valence-electron chi connectivity index (χ4n) is 3.39. The number of pyridine rings is 1. The third kappa shape index (κ3) is 2.01. The molecule has 0 spiro atoms. The number of hydrogen-bond donors (Lipinski definition) is 1. The monoisotopic (exact) mass is 363 g/mol. The summed E-state index contributed by atoms with van der Waals surface area (Å²) in [5, 5.41) is 13.0. The first-order valence-corrected chi connectivity index (χ1v) is 8.36. The highest BCUT2D eigenvalue weighted by atomic mass is 35.5. The van der Waals surface area contributed by atoms with Gasteiger partial charge in [0, 0.05) is 22.4 Å². The summed E-state index contributed by atoms with van der Waals surface area (Å²) in [5.74, 6) is -0.243. The molecule has 2 aromatic heterocycles. The molecular formula is C20H11ClFN3O. The molecule has 0 fully saturated rings. The first kappa shape index (κ1) is 15.1. The molecule has 0 saturated heterocycles. The molecule has 0 unspecified atom stereocenters. The zero-order valence-corrected chi connectivity index (χ0v) is 14.1. The Morgan fingerprint density at radius 3 is 2.31 bits per heavy atom. The van der Waals surface area contributed by atoms with Gasteiger partial charge in [0.05, 0.1) is 21.6 Å². The minimum absolute atomic E-state index is 0.176. The fraction of sp³-hybridized carbons (Fsp3) is 0. The number of nitrogens with zero attached hydrogens (tertiary/aromatic N) is 3. The second-order valence-electron chi connectivity index (χ2n) is 6.00. The molecule has 0 aliphatic rings. The second kappa shape index (κ2) is 5.41. The molecule has 26 heavy (non-hydrogen) atoms. The van der Waals surface area contributed by atoms with Crippen molar-refractivity contribution in [3.8, 4) is 11.4 Å². The molecule has 4 nitrogen and oxygen atoms in total. The van der Waals surface area contributed by atoms with Crippen molar-refractivity contribution in [2.45, 2.75) is 0 Å². The largest absolute Gasteiger partial charge is 0.428 e. The van der Waals surface area contributed by atoms with Crippen molar-refractivity contribution in [3.63, 3.8) is 0 Å². The topological polar surface area (TPSA) is 50.9 Å². The van der Waals surface area contributed by atoms with Crippen molar-refractivity contribution in [2.24, 2.45) is 0 Å². The molecule has 0 amide bonds. The van der Waals surface area contributed by atoms with Crippen molar-refractivity contribution >= 4 is 44.3 Å². The average Bonchev–Trinajstić information content (AvgIpc) is 3.07. The van der Waals surface area contributed by atoms with Crippen molar-refractivity contribution < 1.29 is 9.60 Å². The molecule has 5 rings (SSSR count). The van der Waals surface area contributed by atoms with Gasteiger partial charge in [0.2, 0.25) is 0 Å². The Bertz CT molecular complexity index is 1310. The van der Waals surface area contributed by atoms with Crippen LogP contribution in [-0.4, -0.2) is 19.9 Å². The molecule has 5 aromatic rings. The number of imidazole rings is 1. The van der Waals surface area contributed by atoms with Crippen LogP contribution < -0.4 is 0 Å². The van der Waals surface area contributed by atoms with Gasteiger partial charge in [0.1, 0.15) is 11.3 Å². The van der Waals surface area contributed by atoms with Gasteiger partial charge in [-0.25, -0.2) is 14.4 Å². The summed E-state index contributed by atoms with van der Waals surface area (Å²) in [6.45, 7) is 0. The SMILES string of the molecule is On1cccc2c3nc(-c4c(F)cccc4Cl)nc3c3ccccc3c21. The molecule has 0 radical (unpaired) electrons. The first-order valence-electron chi connectivity index (χ1n) is 7.98. The normalized spacial score (nSPS) is 11.6. The average molecular weight is 364 g/mol. The summed E-state index contributed by atoms with van der Waals surface area (Å²) in [7, 11) is 0. The highest BCUT2D eigenvalue weighted by Crippen LogP contribution is 2.36. The summed E-state index contributed by atoms with van der Waals surface area (Å²) in [6.07, 6.45) is 1.56. The minimum Gasteiger partial charge on any atom is -0.428 e. The molecule has 0 aliphatic heterocycles. The second-order valence-corrected chi connectivity index (χ2v) is 6.41. The molecule has 3 aromatic carbocycles. The highest BCUT2D eigenvalue weighted by molar-refractivity contribution is 6.33. The van der Waals surface area contributed by atoms with E-state index in [0.717, 1.165) is 20.9 Å². The zero-order valence-electron chi connectivity index (χ0n) is 13.3. The van der Waals surface area contributed by atoms with Crippen LogP contribution in [0, 0.1) is 5.82 Å². The maximum atomic E-state index is 14.3. The van der Waals surface area contributed by atoms with Crippen LogP contribution in [0.3, 0.4) is 0 Å². The molecule has 0 saturated carbocycles. The van der Waals surface area contributed by atoms with Gasteiger partial charge in [-0.2, -0.15) is 4.73 Å². The van der Waals surface area contributed by atoms with Crippen molar-refractivity contribution in [1.82, 2.24) is 14.7 Å². The summed E-state index contributed by atoms with van der Waals surface area (Å²) in [4.78, 5) is 9.15. The third-order valence-electron chi connectivity index (χ3n) is 4.51. The van der Waals surface area contributed by atoms with E-state index < -0.39 is 5.82 Å². The Labute approximate surface area is 152 Å². The predicted octanol–water partition coefficient (Wildman–Crippen LogP) is 5.43. The van der Waals surface area contributed by atoms with Gasteiger partial charge in [0.15, 0.2) is 5.82 Å². The smallest absolute Gasteiger partial charge is 0.165 e. The fourth-order valence-corrected chi connectivity index (χ4v) is 3.64. The van der Waals surface area contributed by atoms with Gasteiger partial charge in [0.25, 0.3) is 0 Å². The van der Waals surface area contributed by atoms with Crippen LogP contribution in [0.4, 0.5) is 4.39 Å². The van der Waals surface area contributed by atoms with Crippen LogP contribution in [-0.2, 0) is 0 Å². The number of hydrogen-bond acceptors (Lipinski definition) is 3. The number of aromatic nitrogens is 3. The van der Waals surface area contributed by atoms with Crippen LogP contribution in [0.25, 0.3) is 44.1 Å². The Morgan fingerprint density at radius 2 is 1.54 bits per heavy atom. The molecule has 2 heterocycles.